The van der Waals surface area contributed by atoms with Gasteiger partial charge in [0.1, 0.15) is 30.0 Å². The maximum Gasteiger partial charge on any atom is 0.327 e. The fraction of sp³-hybridized carbons (Fsp3) is 0.489. The number of hydrogen-bond donors (Lipinski definition) is 8. The van der Waals surface area contributed by atoms with Crippen molar-refractivity contribution in [2.24, 2.45) is 5.92 Å². The van der Waals surface area contributed by atoms with Crippen molar-refractivity contribution in [2.45, 2.75) is 119 Å². The van der Waals surface area contributed by atoms with Crippen molar-refractivity contribution in [3.63, 3.8) is 0 Å². The highest BCUT2D eigenvalue weighted by Gasteiger charge is 2.69. The number of carboxylic acid groups (broad SMARTS) is 3. The van der Waals surface area contributed by atoms with Crippen molar-refractivity contribution < 1.29 is 72.8 Å². The highest BCUT2D eigenvalue weighted by Crippen LogP contribution is 2.49. The molecule has 68 heavy (non-hydrogen) atoms. The summed E-state index contributed by atoms with van der Waals surface area (Å²) in [7, 11) is 0. The Labute approximate surface area is 394 Å². The van der Waals surface area contributed by atoms with Gasteiger partial charge in [-0.3, -0.25) is 53.5 Å². The third-order valence-electron chi connectivity index (χ3n) is 11.8. The number of aliphatic carboxylic acids is 3. The zero-order chi connectivity index (χ0) is 49.5. The minimum atomic E-state index is -1.51. The fourth-order valence-corrected chi connectivity index (χ4v) is 9.95. The Morgan fingerprint density at radius 2 is 1.46 bits per heavy atom. The van der Waals surface area contributed by atoms with Gasteiger partial charge in [-0.15, -0.1) is 0 Å². The van der Waals surface area contributed by atoms with Crippen LogP contribution in [-0.4, -0.2) is 145 Å². The summed E-state index contributed by atoms with van der Waals surface area (Å²) in [6, 6.07) is 11.2. The van der Waals surface area contributed by atoms with Gasteiger partial charge in [-0.25, -0.2) is 14.4 Å². The van der Waals surface area contributed by atoms with Gasteiger partial charge < -0.3 is 41.3 Å². The summed E-state index contributed by atoms with van der Waals surface area (Å²) in [6.07, 6.45) is -2.24. The van der Waals surface area contributed by atoms with Gasteiger partial charge in [0.2, 0.25) is 28.7 Å². The predicted octanol–water partition coefficient (Wildman–Crippen LogP) is 0.517. The Hall–Kier alpha value is -6.88. The largest absolute Gasteiger partial charge is 0.481 e. The van der Waals surface area contributed by atoms with Gasteiger partial charge in [-0.1, -0.05) is 72.4 Å². The monoisotopic (exact) mass is 965 g/mol. The number of carbonyl (C=O) groups is 11. The molecule has 23 heteroatoms. The molecule has 3 aliphatic heterocycles. The van der Waals surface area contributed by atoms with Crippen molar-refractivity contribution in [1.82, 2.24) is 36.4 Å². The summed E-state index contributed by atoms with van der Waals surface area (Å²) in [5.41, 5.74) is 1.49. The number of hydrogen-bond acceptors (Lipinski definition) is 14. The molecule has 22 nitrogen and oxygen atoms in total. The van der Waals surface area contributed by atoms with Crippen LogP contribution in [0.15, 0.2) is 60.7 Å². The molecule has 366 valence electrons. The minimum absolute atomic E-state index is 0.00130. The second-order valence-corrected chi connectivity index (χ2v) is 17.8. The molecule has 5 rings (SSSR count). The zero-order valence-electron chi connectivity index (χ0n) is 37.1. The molecule has 0 radical (unpaired) electrons. The van der Waals surface area contributed by atoms with Crippen LogP contribution in [0.5, 0.6) is 0 Å². The van der Waals surface area contributed by atoms with E-state index < -0.39 is 107 Å². The number of benzene rings is 2. The van der Waals surface area contributed by atoms with E-state index in [9.17, 15) is 63.0 Å². The predicted molar refractivity (Wildman–Crippen MR) is 239 cm³/mol. The van der Waals surface area contributed by atoms with Crippen LogP contribution < -0.4 is 26.6 Å². The Bertz CT molecular complexity index is 2220. The number of carbonyl (C=O) groups excluding carboxylic acids is 8. The van der Waals surface area contributed by atoms with Gasteiger partial charge in [0.25, 0.3) is 6.47 Å². The number of thioether (sulfide) groups is 1. The van der Waals surface area contributed by atoms with Crippen LogP contribution in [0.3, 0.4) is 0 Å². The molecule has 1 spiro atoms. The van der Waals surface area contributed by atoms with Crippen molar-refractivity contribution in [3.05, 3.63) is 71.8 Å². The molecule has 8 atom stereocenters. The van der Waals surface area contributed by atoms with E-state index in [1.807, 2.05) is 0 Å². The lowest BCUT2D eigenvalue weighted by Crippen LogP contribution is -2.58. The summed E-state index contributed by atoms with van der Waals surface area (Å²) < 4.78 is 4.62. The summed E-state index contributed by atoms with van der Waals surface area (Å²) in [4.78, 5) is 141. The maximum absolute atomic E-state index is 14.2. The van der Waals surface area contributed by atoms with Crippen LogP contribution in [0, 0.1) is 5.92 Å². The van der Waals surface area contributed by atoms with Crippen LogP contribution in [0.1, 0.15) is 75.8 Å². The van der Waals surface area contributed by atoms with Crippen LogP contribution in [0.25, 0.3) is 0 Å². The molecular formula is C45H55N7O15S. The third-order valence-corrected chi connectivity index (χ3v) is 13.2. The first-order valence-corrected chi connectivity index (χ1v) is 23.0. The van der Waals surface area contributed by atoms with Crippen molar-refractivity contribution in [2.75, 3.05) is 12.3 Å². The lowest BCUT2D eigenvalue weighted by Gasteiger charge is -2.33. The summed E-state index contributed by atoms with van der Waals surface area (Å²) in [5, 5.41) is 39.8. The molecule has 2 aromatic rings. The highest BCUT2D eigenvalue weighted by molar-refractivity contribution is 8.00. The Balaban J connectivity index is 1.16. The van der Waals surface area contributed by atoms with E-state index in [2.05, 4.69) is 31.3 Å². The highest BCUT2D eigenvalue weighted by atomic mass is 32.2. The number of amides is 6. The number of ketones is 2. The zero-order valence-corrected chi connectivity index (χ0v) is 37.9. The number of ether oxygens (including phenoxy) is 1. The summed E-state index contributed by atoms with van der Waals surface area (Å²) in [5.74, 6) is -7.56. The van der Waals surface area contributed by atoms with Crippen LogP contribution in [-0.2, 0) is 65.5 Å². The second kappa shape index (κ2) is 24.2. The molecule has 8 N–H and O–H groups in total. The smallest absolute Gasteiger partial charge is 0.327 e. The first-order valence-electron chi connectivity index (χ1n) is 22.0. The summed E-state index contributed by atoms with van der Waals surface area (Å²) >= 11 is 1.12. The van der Waals surface area contributed by atoms with Gasteiger partial charge in [0.05, 0.1) is 12.5 Å². The van der Waals surface area contributed by atoms with Gasteiger partial charge in [0, 0.05) is 50.3 Å². The molecule has 3 saturated heterocycles. The molecule has 2 unspecified atom stereocenters. The normalized spacial score (nSPS) is 21.0. The number of rotatable bonds is 28. The number of nitrogens with one attached hydrogen (secondary N) is 5. The lowest BCUT2D eigenvalue weighted by atomic mass is 9.89. The molecule has 6 amide bonds. The molecular weight excluding hydrogens is 911 g/mol. The SMILES string of the molecule is CC1C(=O)N2[C@H](C(=O)O)CSC23N[C@@H](CNC(=O)[C@@H](CC(=O)[C@H](Cc2ccccc2)NC(=O)CCCCC(=O)CC[C@H](NC(=O)N[C@@H](CCC(=O)O)OC=O)C(=O)O)Cc2ccccc2)C(=O)N13. The van der Waals surface area contributed by atoms with Gasteiger partial charge >= 0.3 is 23.9 Å². The number of nitrogens with zero attached hydrogens (tertiary/aromatic N) is 2. The first kappa shape index (κ1) is 52.1. The molecule has 0 bridgehead atoms. The Morgan fingerprint density at radius 3 is 2.07 bits per heavy atom. The molecule has 3 heterocycles. The standard InChI is InChI=1S/C45H55N7O15S/c1-26-40(60)52-34(43(64)65)24-68-45(52)50-33(41(61)51(26)45)23-46-39(59)29(20-27-10-4-2-5-11-27)22-35(55)32(21-28-12-6-3-7-13-28)47-36(56)15-9-8-14-30(54)16-17-31(42(62)63)48-44(66)49-37(67-25-53)18-19-38(57)58/h2-7,10-13,25-26,29,31-34,37,50H,8-9,14-24H2,1H3,(H,46,59)(H,47,56)(H,57,58)(H,62,63)(H,64,65)(H2,48,49,66)/t26?,29-,31+,32+,33+,34+,37-,45?/m1/s1. The first-order chi connectivity index (χ1) is 32.4. The van der Waals surface area contributed by atoms with E-state index in [-0.39, 0.29) is 88.8 Å². The molecule has 3 aliphatic rings. The number of Topliss-reactive ketones (excluding diaryl/α,β-unsaturated/α-hetero) is 2. The fourth-order valence-electron chi connectivity index (χ4n) is 8.30. The average molecular weight is 966 g/mol. The van der Waals surface area contributed by atoms with E-state index in [4.69, 9.17) is 5.11 Å². The van der Waals surface area contributed by atoms with Gasteiger partial charge in [-0.05, 0) is 50.2 Å². The van der Waals surface area contributed by atoms with E-state index in [1.54, 1.807) is 60.7 Å². The van der Waals surface area contributed by atoms with Gasteiger partial charge in [-0.2, -0.15) is 0 Å². The Morgan fingerprint density at radius 1 is 0.809 bits per heavy atom. The average Bonchev–Trinajstić information content (AvgIpc) is 3.89. The number of carboxylic acids is 3. The van der Waals surface area contributed by atoms with E-state index in [0.717, 1.165) is 22.9 Å². The van der Waals surface area contributed by atoms with Gasteiger partial charge in [0.15, 0.2) is 12.0 Å². The maximum atomic E-state index is 14.2. The number of unbranched alkanes of at least 4 members (excludes halogenated alkanes) is 1. The van der Waals surface area contributed by atoms with Crippen molar-refractivity contribution in [1.29, 1.82) is 0 Å². The van der Waals surface area contributed by atoms with E-state index >= 15 is 0 Å². The third kappa shape index (κ3) is 13.6. The van der Waals surface area contributed by atoms with E-state index in [1.165, 1.54) is 16.7 Å². The minimum Gasteiger partial charge on any atom is -0.481 e. The second-order valence-electron chi connectivity index (χ2n) is 16.6. The van der Waals surface area contributed by atoms with E-state index in [0.29, 0.717) is 0 Å². The molecule has 3 fully saturated rings. The van der Waals surface area contributed by atoms with Crippen LogP contribution in [0.4, 0.5) is 4.79 Å². The Kier molecular flexibility index (Phi) is 18.6. The van der Waals surface area contributed by atoms with Crippen molar-refractivity contribution in [3.8, 4) is 0 Å². The molecule has 2 aromatic carbocycles. The molecule has 0 aliphatic carbocycles. The van der Waals surface area contributed by atoms with Crippen LogP contribution in [0.2, 0.25) is 0 Å². The molecule has 0 saturated carbocycles. The topological polar surface area (TPSA) is 324 Å². The quantitative estimate of drug-likeness (QED) is 0.0327. The summed E-state index contributed by atoms with van der Waals surface area (Å²) in [6.45, 7) is 1.30. The number of urea groups is 1. The molecule has 0 aromatic heterocycles. The van der Waals surface area contributed by atoms with Crippen molar-refractivity contribution >= 4 is 77.4 Å². The lowest BCUT2D eigenvalue weighted by molar-refractivity contribution is -0.149. The van der Waals surface area contributed by atoms with Crippen LogP contribution >= 0.6 is 11.8 Å².